The smallest absolute Gasteiger partial charge is 0.315 e. The predicted octanol–water partition coefficient (Wildman–Crippen LogP) is 1.68. The van der Waals surface area contributed by atoms with E-state index in [0.717, 1.165) is 5.56 Å². The third kappa shape index (κ3) is 4.37. The number of hydrogen-bond acceptors (Lipinski definition) is 3. The highest BCUT2D eigenvalue weighted by Gasteiger charge is 2.29. The van der Waals surface area contributed by atoms with Crippen molar-refractivity contribution in [1.29, 1.82) is 0 Å². The van der Waals surface area contributed by atoms with E-state index in [0.29, 0.717) is 37.6 Å². The average molecular weight is 299 g/mol. The molecule has 1 aliphatic rings. The Morgan fingerprint density at radius 1 is 1.30 bits per heavy atom. The van der Waals surface area contributed by atoms with E-state index in [1.54, 1.807) is 6.07 Å². The van der Waals surface area contributed by atoms with Crippen LogP contribution in [0.25, 0.3) is 0 Å². The number of amides is 2. The molecule has 0 spiro atoms. The van der Waals surface area contributed by atoms with Gasteiger partial charge in [-0.25, -0.2) is 4.79 Å². The number of ether oxygens (including phenoxy) is 1. The highest BCUT2D eigenvalue weighted by Crippen LogP contribution is 2.19. The second kappa shape index (κ2) is 6.92. The molecule has 0 aromatic heterocycles. The Morgan fingerprint density at radius 3 is 2.70 bits per heavy atom. The lowest BCUT2D eigenvalue weighted by molar-refractivity contribution is -0.0600. The van der Waals surface area contributed by atoms with Gasteiger partial charge in [-0.15, -0.1) is 0 Å². The second-order valence-electron chi connectivity index (χ2n) is 4.96. The lowest BCUT2D eigenvalue weighted by Gasteiger charge is -2.32. The number of aliphatic hydroxyl groups is 1. The molecule has 0 aliphatic carbocycles. The zero-order valence-electron chi connectivity index (χ0n) is 11.2. The first kappa shape index (κ1) is 15.1. The van der Waals surface area contributed by atoms with Gasteiger partial charge in [0.05, 0.1) is 5.60 Å². The number of urea groups is 1. The Bertz CT molecular complexity index is 461. The van der Waals surface area contributed by atoms with Crippen LogP contribution < -0.4 is 10.6 Å². The summed E-state index contributed by atoms with van der Waals surface area (Å²) < 4.78 is 5.19. The Kier molecular flexibility index (Phi) is 5.23. The predicted molar refractivity (Wildman–Crippen MR) is 76.7 cm³/mol. The summed E-state index contributed by atoms with van der Waals surface area (Å²) in [6, 6.07) is 7.03. The van der Waals surface area contributed by atoms with E-state index < -0.39 is 5.60 Å². The molecule has 0 bridgehead atoms. The van der Waals surface area contributed by atoms with E-state index in [9.17, 15) is 9.90 Å². The topological polar surface area (TPSA) is 70.6 Å². The Hall–Kier alpha value is -1.30. The molecule has 1 aromatic carbocycles. The van der Waals surface area contributed by atoms with E-state index in [-0.39, 0.29) is 12.6 Å². The lowest BCUT2D eigenvalue weighted by Crippen LogP contribution is -2.48. The molecule has 6 heteroatoms. The maximum absolute atomic E-state index is 11.7. The van der Waals surface area contributed by atoms with Crippen LogP contribution in [0, 0.1) is 0 Å². The van der Waals surface area contributed by atoms with Crippen molar-refractivity contribution >= 4 is 17.6 Å². The summed E-state index contributed by atoms with van der Waals surface area (Å²) in [4.78, 5) is 11.7. The minimum atomic E-state index is -0.861. The number of nitrogens with one attached hydrogen (secondary N) is 2. The van der Waals surface area contributed by atoms with Crippen molar-refractivity contribution in [3.63, 3.8) is 0 Å². The van der Waals surface area contributed by atoms with Gasteiger partial charge in [-0.05, 0) is 11.6 Å². The molecule has 3 N–H and O–H groups in total. The summed E-state index contributed by atoms with van der Waals surface area (Å²) >= 11 is 6.00. The first-order valence-electron chi connectivity index (χ1n) is 6.64. The van der Waals surface area contributed by atoms with Crippen molar-refractivity contribution < 1.29 is 14.6 Å². The third-order valence-electron chi connectivity index (χ3n) is 3.40. The zero-order valence-corrected chi connectivity index (χ0v) is 11.9. The van der Waals surface area contributed by atoms with Crippen molar-refractivity contribution in [3.05, 3.63) is 34.9 Å². The molecule has 0 unspecified atom stereocenters. The van der Waals surface area contributed by atoms with Crippen LogP contribution in [0.3, 0.4) is 0 Å². The maximum Gasteiger partial charge on any atom is 0.315 e. The molecular weight excluding hydrogens is 280 g/mol. The fraction of sp³-hybridized carbons (Fsp3) is 0.500. The molecule has 2 rings (SSSR count). The van der Waals surface area contributed by atoms with Gasteiger partial charge < -0.3 is 20.5 Å². The maximum atomic E-state index is 11.7. The van der Waals surface area contributed by atoms with Gasteiger partial charge in [0, 0.05) is 44.2 Å². The Morgan fingerprint density at radius 2 is 2.00 bits per heavy atom. The van der Waals surface area contributed by atoms with Crippen LogP contribution >= 0.6 is 11.6 Å². The summed E-state index contributed by atoms with van der Waals surface area (Å²) in [6.45, 7) is 1.64. The summed E-state index contributed by atoms with van der Waals surface area (Å²) in [5, 5.41) is 16.2. The van der Waals surface area contributed by atoms with Crippen molar-refractivity contribution in [3.8, 4) is 0 Å². The van der Waals surface area contributed by atoms with Gasteiger partial charge in [-0.1, -0.05) is 29.8 Å². The fourth-order valence-electron chi connectivity index (χ4n) is 2.05. The van der Waals surface area contributed by atoms with E-state index in [4.69, 9.17) is 16.3 Å². The van der Waals surface area contributed by atoms with Gasteiger partial charge in [0.1, 0.15) is 0 Å². The minimum Gasteiger partial charge on any atom is -0.388 e. The molecule has 1 aliphatic heterocycles. The van der Waals surface area contributed by atoms with Gasteiger partial charge in [0.25, 0.3) is 0 Å². The van der Waals surface area contributed by atoms with Crippen LogP contribution in [0.1, 0.15) is 18.4 Å². The van der Waals surface area contributed by atoms with E-state index in [2.05, 4.69) is 10.6 Å². The summed E-state index contributed by atoms with van der Waals surface area (Å²) in [6.07, 6.45) is 1.08. The van der Waals surface area contributed by atoms with Crippen LogP contribution in [0.2, 0.25) is 5.02 Å². The monoisotopic (exact) mass is 298 g/mol. The fourth-order valence-corrected chi connectivity index (χ4v) is 2.26. The van der Waals surface area contributed by atoms with Crippen molar-refractivity contribution in [2.75, 3.05) is 19.8 Å². The van der Waals surface area contributed by atoms with Crippen LogP contribution in [0.4, 0.5) is 4.79 Å². The molecular formula is C14H19ClN2O3. The van der Waals surface area contributed by atoms with Crippen LogP contribution in [0.5, 0.6) is 0 Å². The molecule has 5 nitrogen and oxygen atoms in total. The van der Waals surface area contributed by atoms with Gasteiger partial charge in [-0.3, -0.25) is 0 Å². The highest BCUT2D eigenvalue weighted by molar-refractivity contribution is 6.31. The number of rotatable bonds is 4. The standard InChI is InChI=1S/C14H19ClN2O3/c15-12-4-2-1-3-11(12)9-16-13(18)17-10-14(19)5-7-20-8-6-14/h1-4,19H,5-10H2,(H2,16,17,18). The number of carbonyl (C=O) groups excluding carboxylic acids is 1. The normalized spacial score (nSPS) is 17.5. The summed E-state index contributed by atoms with van der Waals surface area (Å²) in [5.74, 6) is 0. The van der Waals surface area contributed by atoms with Crippen LogP contribution in [-0.2, 0) is 11.3 Å². The van der Waals surface area contributed by atoms with Crippen LogP contribution in [0.15, 0.2) is 24.3 Å². The second-order valence-corrected chi connectivity index (χ2v) is 5.37. The van der Waals surface area contributed by atoms with Crippen molar-refractivity contribution in [2.24, 2.45) is 0 Å². The molecule has 1 saturated heterocycles. The Labute approximate surface area is 123 Å². The number of hydrogen-bond donors (Lipinski definition) is 3. The van der Waals surface area contributed by atoms with E-state index in [1.165, 1.54) is 0 Å². The van der Waals surface area contributed by atoms with E-state index in [1.807, 2.05) is 18.2 Å². The quantitative estimate of drug-likeness (QED) is 0.792. The first-order valence-corrected chi connectivity index (χ1v) is 7.02. The zero-order chi connectivity index (χ0) is 14.4. The number of halogens is 1. The Balaban J connectivity index is 1.74. The lowest BCUT2D eigenvalue weighted by atomic mass is 9.94. The molecule has 2 amide bonds. The SMILES string of the molecule is O=C(NCc1ccccc1Cl)NCC1(O)CCOCC1. The molecule has 1 fully saturated rings. The molecule has 110 valence electrons. The van der Waals surface area contributed by atoms with Crippen molar-refractivity contribution in [2.45, 2.75) is 25.0 Å². The van der Waals surface area contributed by atoms with Gasteiger partial charge in [-0.2, -0.15) is 0 Å². The number of benzene rings is 1. The van der Waals surface area contributed by atoms with Gasteiger partial charge in [0.2, 0.25) is 0 Å². The average Bonchev–Trinajstić information content (AvgIpc) is 2.45. The van der Waals surface area contributed by atoms with E-state index >= 15 is 0 Å². The summed E-state index contributed by atoms with van der Waals surface area (Å²) in [7, 11) is 0. The molecule has 1 aromatic rings. The highest BCUT2D eigenvalue weighted by atomic mass is 35.5. The first-order chi connectivity index (χ1) is 9.59. The largest absolute Gasteiger partial charge is 0.388 e. The minimum absolute atomic E-state index is 0.227. The molecule has 0 saturated carbocycles. The molecule has 20 heavy (non-hydrogen) atoms. The third-order valence-corrected chi connectivity index (χ3v) is 3.77. The molecule has 0 radical (unpaired) electrons. The van der Waals surface area contributed by atoms with Crippen molar-refractivity contribution in [1.82, 2.24) is 10.6 Å². The molecule has 1 heterocycles. The van der Waals surface area contributed by atoms with Gasteiger partial charge >= 0.3 is 6.03 Å². The number of carbonyl (C=O) groups is 1. The van der Waals surface area contributed by atoms with Gasteiger partial charge in [0.15, 0.2) is 0 Å². The summed E-state index contributed by atoms with van der Waals surface area (Å²) in [5.41, 5.74) is -0.00549. The van der Waals surface area contributed by atoms with Crippen LogP contribution in [-0.4, -0.2) is 36.5 Å². The molecule has 0 atom stereocenters.